The van der Waals surface area contributed by atoms with Crippen LogP contribution in [0, 0.1) is 11.3 Å². The standard InChI is InChI=1S/C12H14N2O4/c1-4-9(3)6-7-11(15)18-14-10(8-13)12(16)17-5-2/h4,6H,1,5,7H2,2-3H3/b9-6+,14-10+. The monoisotopic (exact) mass is 250 g/mol. The second kappa shape index (κ2) is 8.70. The quantitative estimate of drug-likeness (QED) is 0.234. The van der Waals surface area contributed by atoms with Crippen LogP contribution in [0.15, 0.2) is 29.5 Å². The van der Waals surface area contributed by atoms with E-state index in [0.717, 1.165) is 5.57 Å². The molecule has 0 radical (unpaired) electrons. The smallest absolute Gasteiger partial charge is 0.371 e. The van der Waals surface area contributed by atoms with Crippen LogP contribution in [0.25, 0.3) is 0 Å². The molecule has 0 atom stereocenters. The maximum absolute atomic E-state index is 11.2. The molecule has 0 aromatic carbocycles. The Balaban J connectivity index is 4.43. The van der Waals surface area contributed by atoms with Crippen molar-refractivity contribution in [3.8, 4) is 6.07 Å². The van der Waals surface area contributed by atoms with E-state index in [0.29, 0.717) is 0 Å². The van der Waals surface area contributed by atoms with Gasteiger partial charge in [-0.3, -0.25) is 0 Å². The minimum absolute atomic E-state index is 0.0249. The fraction of sp³-hybridized carbons (Fsp3) is 0.333. The zero-order valence-electron chi connectivity index (χ0n) is 10.3. The van der Waals surface area contributed by atoms with Crippen LogP contribution < -0.4 is 0 Å². The second-order valence-electron chi connectivity index (χ2n) is 3.09. The molecule has 0 saturated carbocycles. The summed E-state index contributed by atoms with van der Waals surface area (Å²) in [6, 6.07) is 1.48. The summed E-state index contributed by atoms with van der Waals surface area (Å²) in [5, 5.41) is 11.7. The van der Waals surface area contributed by atoms with Crippen LogP contribution in [0.5, 0.6) is 0 Å². The van der Waals surface area contributed by atoms with E-state index < -0.39 is 17.7 Å². The van der Waals surface area contributed by atoms with E-state index in [-0.39, 0.29) is 13.0 Å². The highest BCUT2D eigenvalue weighted by atomic mass is 16.7. The maximum atomic E-state index is 11.2. The molecule has 6 nitrogen and oxygen atoms in total. The highest BCUT2D eigenvalue weighted by molar-refractivity contribution is 6.42. The molecule has 0 N–H and O–H groups in total. The number of nitrogens with zero attached hydrogens (tertiary/aromatic N) is 2. The third-order valence-electron chi connectivity index (χ3n) is 1.73. The molecule has 0 spiro atoms. The molecule has 0 aromatic rings. The Labute approximate surface area is 105 Å². The van der Waals surface area contributed by atoms with Crippen molar-refractivity contribution in [1.82, 2.24) is 0 Å². The van der Waals surface area contributed by atoms with Gasteiger partial charge in [-0.1, -0.05) is 29.5 Å². The first-order valence-electron chi connectivity index (χ1n) is 5.19. The van der Waals surface area contributed by atoms with E-state index in [4.69, 9.17) is 5.26 Å². The molecule has 96 valence electrons. The molecular formula is C12H14N2O4. The van der Waals surface area contributed by atoms with Crippen molar-refractivity contribution in [3.05, 3.63) is 24.3 Å². The zero-order chi connectivity index (χ0) is 14.0. The molecule has 0 amide bonds. The Morgan fingerprint density at radius 2 is 2.17 bits per heavy atom. The molecule has 0 aliphatic carbocycles. The van der Waals surface area contributed by atoms with E-state index in [1.54, 1.807) is 26.0 Å². The van der Waals surface area contributed by atoms with Crippen molar-refractivity contribution >= 4 is 17.7 Å². The van der Waals surface area contributed by atoms with E-state index >= 15 is 0 Å². The Morgan fingerprint density at radius 1 is 1.50 bits per heavy atom. The number of hydrogen-bond donors (Lipinski definition) is 0. The van der Waals surface area contributed by atoms with E-state index in [1.165, 1.54) is 6.07 Å². The lowest BCUT2D eigenvalue weighted by Gasteiger charge is -1.98. The number of carbonyl (C=O) groups is 2. The van der Waals surface area contributed by atoms with Crippen LogP contribution in [-0.2, 0) is 19.2 Å². The SMILES string of the molecule is C=C/C(C)=C/CC(=O)O/N=C(\C#N)C(=O)OCC. The predicted octanol–water partition coefficient (Wildman–Crippen LogP) is 1.49. The van der Waals surface area contributed by atoms with Crippen molar-refractivity contribution < 1.29 is 19.2 Å². The molecule has 6 heteroatoms. The minimum Gasteiger partial charge on any atom is -0.461 e. The van der Waals surface area contributed by atoms with Gasteiger partial charge < -0.3 is 9.57 Å². The Hall–Kier alpha value is -2.42. The van der Waals surface area contributed by atoms with Gasteiger partial charge in [0.15, 0.2) is 0 Å². The summed E-state index contributed by atoms with van der Waals surface area (Å²) in [6.45, 7) is 6.98. The molecule has 0 fully saturated rings. The topological polar surface area (TPSA) is 88.8 Å². The third kappa shape index (κ3) is 6.23. The first kappa shape index (κ1) is 15.6. The van der Waals surface area contributed by atoms with Crippen LogP contribution in [0.4, 0.5) is 0 Å². The van der Waals surface area contributed by atoms with Gasteiger partial charge in [0.25, 0.3) is 5.71 Å². The van der Waals surface area contributed by atoms with Crippen LogP contribution in [0.1, 0.15) is 20.3 Å². The summed E-state index contributed by atoms with van der Waals surface area (Å²) in [6.07, 6.45) is 3.14. The number of hydrogen-bond acceptors (Lipinski definition) is 6. The van der Waals surface area contributed by atoms with Crippen molar-refractivity contribution in [2.45, 2.75) is 20.3 Å². The highest BCUT2D eigenvalue weighted by Gasteiger charge is 2.13. The number of nitriles is 1. The number of esters is 1. The van der Waals surface area contributed by atoms with Gasteiger partial charge in [0.2, 0.25) is 0 Å². The van der Waals surface area contributed by atoms with E-state index in [1.807, 2.05) is 0 Å². The van der Waals surface area contributed by atoms with E-state index in [9.17, 15) is 9.59 Å². The number of allylic oxidation sites excluding steroid dienone is 2. The highest BCUT2D eigenvalue weighted by Crippen LogP contribution is 1.98. The number of carbonyl (C=O) groups excluding carboxylic acids is 2. The second-order valence-corrected chi connectivity index (χ2v) is 3.09. The van der Waals surface area contributed by atoms with Crippen LogP contribution in [0.3, 0.4) is 0 Å². The molecule has 0 unspecified atom stereocenters. The lowest BCUT2D eigenvalue weighted by molar-refractivity contribution is -0.142. The molecule has 0 rings (SSSR count). The molecule has 0 bridgehead atoms. The fourth-order valence-electron chi connectivity index (χ4n) is 0.764. The van der Waals surface area contributed by atoms with Gasteiger partial charge in [-0.25, -0.2) is 9.59 Å². The van der Waals surface area contributed by atoms with Crippen molar-refractivity contribution in [1.29, 1.82) is 5.26 Å². The molecular weight excluding hydrogens is 236 g/mol. The molecule has 0 saturated heterocycles. The van der Waals surface area contributed by atoms with Gasteiger partial charge in [0.05, 0.1) is 13.0 Å². The first-order valence-corrected chi connectivity index (χ1v) is 5.19. The lowest BCUT2D eigenvalue weighted by Crippen LogP contribution is -2.16. The summed E-state index contributed by atoms with van der Waals surface area (Å²) in [7, 11) is 0. The third-order valence-corrected chi connectivity index (χ3v) is 1.73. The Kier molecular flexibility index (Phi) is 7.53. The van der Waals surface area contributed by atoms with Gasteiger partial charge in [-0.05, 0) is 13.8 Å². The summed E-state index contributed by atoms with van der Waals surface area (Å²) in [4.78, 5) is 26.7. The van der Waals surface area contributed by atoms with Crippen LogP contribution in [0.2, 0.25) is 0 Å². The molecule has 0 aromatic heterocycles. The Morgan fingerprint density at radius 3 is 2.67 bits per heavy atom. The predicted molar refractivity (Wildman–Crippen MR) is 64.3 cm³/mol. The largest absolute Gasteiger partial charge is 0.461 e. The molecule has 0 heterocycles. The molecule has 18 heavy (non-hydrogen) atoms. The maximum Gasteiger partial charge on any atom is 0.371 e. The first-order chi connectivity index (χ1) is 8.54. The van der Waals surface area contributed by atoms with Gasteiger partial charge >= 0.3 is 11.9 Å². The van der Waals surface area contributed by atoms with Crippen LogP contribution in [-0.4, -0.2) is 24.3 Å². The van der Waals surface area contributed by atoms with Gasteiger partial charge in [-0.15, -0.1) is 0 Å². The van der Waals surface area contributed by atoms with Crippen LogP contribution >= 0.6 is 0 Å². The van der Waals surface area contributed by atoms with Crippen molar-refractivity contribution in [2.24, 2.45) is 5.16 Å². The summed E-state index contributed by atoms with van der Waals surface area (Å²) < 4.78 is 4.53. The fourth-order valence-corrected chi connectivity index (χ4v) is 0.764. The minimum atomic E-state index is -0.925. The number of rotatable bonds is 6. The number of ether oxygens (including phenoxy) is 1. The van der Waals surface area contributed by atoms with E-state index in [2.05, 4.69) is 21.3 Å². The lowest BCUT2D eigenvalue weighted by atomic mass is 10.2. The average molecular weight is 250 g/mol. The Bertz CT molecular complexity index is 430. The molecule has 0 aliphatic rings. The summed E-state index contributed by atoms with van der Waals surface area (Å²) >= 11 is 0. The molecule has 0 aliphatic heterocycles. The van der Waals surface area contributed by atoms with Gasteiger partial charge in [0, 0.05) is 0 Å². The van der Waals surface area contributed by atoms with Crippen molar-refractivity contribution in [3.63, 3.8) is 0 Å². The summed E-state index contributed by atoms with van der Waals surface area (Å²) in [5.74, 6) is -1.61. The normalized spacial score (nSPS) is 11.4. The zero-order valence-corrected chi connectivity index (χ0v) is 10.3. The average Bonchev–Trinajstić information content (AvgIpc) is 2.36. The summed E-state index contributed by atoms with van der Waals surface area (Å²) in [5.41, 5.74) is 0.205. The van der Waals surface area contributed by atoms with Gasteiger partial charge in [0.1, 0.15) is 6.07 Å². The van der Waals surface area contributed by atoms with Crippen molar-refractivity contribution in [2.75, 3.05) is 6.61 Å². The van der Waals surface area contributed by atoms with Gasteiger partial charge in [-0.2, -0.15) is 5.26 Å². The number of oxime groups is 1.